The first-order valence-electron chi connectivity index (χ1n) is 5.76. The first-order valence-corrected chi connectivity index (χ1v) is 5.76. The zero-order chi connectivity index (χ0) is 11.1. The van der Waals surface area contributed by atoms with Crippen molar-refractivity contribution in [1.29, 1.82) is 0 Å². The Bertz CT molecular complexity index is 220. The van der Waals surface area contributed by atoms with E-state index in [9.17, 15) is 4.79 Å². The Balaban J connectivity index is 2.01. The number of ether oxygens (including phenoxy) is 1. The van der Waals surface area contributed by atoms with Crippen LogP contribution in [0.25, 0.3) is 0 Å². The smallest absolute Gasteiger partial charge is 0.333 e. The molecule has 0 bridgehead atoms. The fourth-order valence-corrected chi connectivity index (χ4v) is 1.84. The summed E-state index contributed by atoms with van der Waals surface area (Å²) in [6, 6.07) is 0.627. The van der Waals surface area contributed by atoms with Gasteiger partial charge in [-0.2, -0.15) is 0 Å². The van der Waals surface area contributed by atoms with Crippen LogP contribution >= 0.6 is 0 Å². The van der Waals surface area contributed by atoms with Gasteiger partial charge in [-0.05, 0) is 19.8 Å². The summed E-state index contributed by atoms with van der Waals surface area (Å²) in [5, 5.41) is 3.41. The third-order valence-electron chi connectivity index (χ3n) is 2.72. The summed E-state index contributed by atoms with van der Waals surface area (Å²) in [7, 11) is 0. The van der Waals surface area contributed by atoms with Gasteiger partial charge in [-0.3, -0.25) is 0 Å². The van der Waals surface area contributed by atoms with Crippen molar-refractivity contribution in [3.63, 3.8) is 0 Å². The van der Waals surface area contributed by atoms with E-state index in [1.54, 1.807) is 6.92 Å². The van der Waals surface area contributed by atoms with Crippen LogP contribution in [0.1, 0.15) is 39.0 Å². The first-order chi connectivity index (χ1) is 7.20. The van der Waals surface area contributed by atoms with Gasteiger partial charge in [-0.25, -0.2) is 4.79 Å². The summed E-state index contributed by atoms with van der Waals surface area (Å²) in [6.45, 7) is 6.39. The second-order valence-corrected chi connectivity index (χ2v) is 4.21. The van der Waals surface area contributed by atoms with Crippen molar-refractivity contribution in [2.45, 2.75) is 45.1 Å². The third kappa shape index (κ3) is 4.98. The van der Waals surface area contributed by atoms with Gasteiger partial charge in [0.2, 0.25) is 0 Å². The minimum absolute atomic E-state index is 0.291. The van der Waals surface area contributed by atoms with Crippen molar-refractivity contribution in [2.75, 3.05) is 13.2 Å². The van der Waals surface area contributed by atoms with Crippen LogP contribution in [0.15, 0.2) is 12.2 Å². The fraction of sp³-hybridized carbons (Fsp3) is 0.750. The van der Waals surface area contributed by atoms with Gasteiger partial charge in [-0.15, -0.1) is 0 Å². The van der Waals surface area contributed by atoms with Crippen LogP contribution in [0.2, 0.25) is 0 Å². The van der Waals surface area contributed by atoms with Crippen molar-refractivity contribution in [1.82, 2.24) is 5.32 Å². The highest BCUT2D eigenvalue weighted by atomic mass is 16.5. The van der Waals surface area contributed by atoms with E-state index in [1.807, 2.05) is 0 Å². The molecule has 0 aromatic heterocycles. The lowest BCUT2D eigenvalue weighted by molar-refractivity contribution is -0.138. The van der Waals surface area contributed by atoms with Crippen molar-refractivity contribution < 1.29 is 9.53 Å². The fourth-order valence-electron chi connectivity index (χ4n) is 1.84. The third-order valence-corrected chi connectivity index (χ3v) is 2.72. The number of esters is 1. The van der Waals surface area contributed by atoms with Gasteiger partial charge in [0.25, 0.3) is 0 Å². The highest BCUT2D eigenvalue weighted by molar-refractivity contribution is 5.86. The topological polar surface area (TPSA) is 38.3 Å². The van der Waals surface area contributed by atoms with E-state index in [1.165, 1.54) is 32.1 Å². The Morgan fingerprint density at radius 2 is 2.07 bits per heavy atom. The molecular formula is C12H21NO2. The zero-order valence-electron chi connectivity index (χ0n) is 9.55. The van der Waals surface area contributed by atoms with E-state index in [0.29, 0.717) is 18.2 Å². The summed E-state index contributed by atoms with van der Waals surface area (Å²) < 4.78 is 4.99. The molecule has 0 atom stereocenters. The molecule has 0 aliphatic heterocycles. The van der Waals surface area contributed by atoms with Crippen LogP contribution in [0, 0.1) is 0 Å². The molecule has 1 aliphatic rings. The lowest BCUT2D eigenvalue weighted by Crippen LogP contribution is -2.33. The molecule has 86 valence electrons. The van der Waals surface area contributed by atoms with E-state index in [-0.39, 0.29) is 5.97 Å². The number of rotatable bonds is 5. The minimum Gasteiger partial charge on any atom is -0.461 e. The van der Waals surface area contributed by atoms with E-state index in [0.717, 1.165) is 6.54 Å². The van der Waals surface area contributed by atoms with Crippen molar-refractivity contribution in [3.05, 3.63) is 12.2 Å². The summed E-state index contributed by atoms with van der Waals surface area (Å²) in [4.78, 5) is 11.0. The highest BCUT2D eigenvalue weighted by Gasteiger charge is 2.12. The van der Waals surface area contributed by atoms with E-state index < -0.39 is 0 Å². The number of hydrogen-bond donors (Lipinski definition) is 1. The van der Waals surface area contributed by atoms with Gasteiger partial charge in [0.1, 0.15) is 6.61 Å². The Labute approximate surface area is 91.9 Å². The predicted molar refractivity (Wildman–Crippen MR) is 60.6 cm³/mol. The molecular weight excluding hydrogens is 190 g/mol. The predicted octanol–water partition coefficient (Wildman–Crippen LogP) is 2.03. The van der Waals surface area contributed by atoms with E-state index in [4.69, 9.17) is 4.74 Å². The molecule has 0 amide bonds. The van der Waals surface area contributed by atoms with Crippen LogP contribution in [0.5, 0.6) is 0 Å². The van der Waals surface area contributed by atoms with Gasteiger partial charge in [0.05, 0.1) is 0 Å². The lowest BCUT2D eigenvalue weighted by atomic mass is 9.96. The van der Waals surface area contributed by atoms with Crippen LogP contribution in [-0.4, -0.2) is 25.2 Å². The SMILES string of the molecule is C=C(C)C(=O)OCCNC1CCCCC1. The second-order valence-electron chi connectivity index (χ2n) is 4.21. The first kappa shape index (κ1) is 12.2. The molecule has 0 heterocycles. The zero-order valence-corrected chi connectivity index (χ0v) is 9.55. The van der Waals surface area contributed by atoms with Crippen LogP contribution in [-0.2, 0) is 9.53 Å². The Morgan fingerprint density at radius 3 is 2.67 bits per heavy atom. The van der Waals surface area contributed by atoms with Gasteiger partial charge >= 0.3 is 5.97 Å². The molecule has 1 N–H and O–H groups in total. The summed E-state index contributed by atoms with van der Waals surface area (Å²) in [5.41, 5.74) is 0.465. The normalized spacial score (nSPS) is 17.4. The van der Waals surface area contributed by atoms with Gasteiger partial charge in [-0.1, -0.05) is 25.8 Å². The molecule has 0 saturated heterocycles. The van der Waals surface area contributed by atoms with Crippen molar-refractivity contribution >= 4 is 5.97 Å². The molecule has 0 aromatic carbocycles. The molecule has 3 heteroatoms. The Hall–Kier alpha value is -0.830. The maximum Gasteiger partial charge on any atom is 0.333 e. The summed E-state index contributed by atoms with van der Waals surface area (Å²) >= 11 is 0. The van der Waals surface area contributed by atoms with Gasteiger partial charge in [0, 0.05) is 18.2 Å². The van der Waals surface area contributed by atoms with E-state index >= 15 is 0 Å². The van der Waals surface area contributed by atoms with Crippen LogP contribution in [0.3, 0.4) is 0 Å². The lowest BCUT2D eigenvalue weighted by Gasteiger charge is -2.22. The largest absolute Gasteiger partial charge is 0.461 e. The van der Waals surface area contributed by atoms with Crippen molar-refractivity contribution in [2.24, 2.45) is 0 Å². The van der Waals surface area contributed by atoms with Crippen LogP contribution in [0.4, 0.5) is 0 Å². The Morgan fingerprint density at radius 1 is 1.40 bits per heavy atom. The number of carbonyl (C=O) groups excluding carboxylic acids is 1. The molecule has 1 fully saturated rings. The molecule has 0 unspecified atom stereocenters. The molecule has 0 spiro atoms. The number of nitrogens with one attached hydrogen (secondary N) is 1. The number of carbonyl (C=O) groups is 1. The molecule has 1 rings (SSSR count). The molecule has 1 saturated carbocycles. The highest BCUT2D eigenvalue weighted by Crippen LogP contribution is 2.16. The second kappa shape index (κ2) is 6.62. The average molecular weight is 211 g/mol. The Kier molecular flexibility index (Phi) is 5.40. The molecule has 0 aromatic rings. The average Bonchev–Trinajstić information content (AvgIpc) is 2.25. The molecule has 15 heavy (non-hydrogen) atoms. The maximum atomic E-state index is 11.0. The summed E-state index contributed by atoms with van der Waals surface area (Å²) in [5.74, 6) is -0.291. The number of hydrogen-bond acceptors (Lipinski definition) is 3. The van der Waals surface area contributed by atoms with Gasteiger partial charge in [0.15, 0.2) is 0 Å². The summed E-state index contributed by atoms with van der Waals surface area (Å²) in [6.07, 6.45) is 6.53. The standard InChI is InChI=1S/C12H21NO2/c1-10(2)12(14)15-9-8-13-11-6-4-3-5-7-11/h11,13H,1,3-9H2,2H3. The monoisotopic (exact) mass is 211 g/mol. The van der Waals surface area contributed by atoms with Crippen LogP contribution < -0.4 is 5.32 Å². The molecule has 3 nitrogen and oxygen atoms in total. The van der Waals surface area contributed by atoms with Gasteiger partial charge < -0.3 is 10.1 Å². The molecule has 0 radical (unpaired) electrons. The molecule has 1 aliphatic carbocycles. The van der Waals surface area contributed by atoms with E-state index in [2.05, 4.69) is 11.9 Å². The minimum atomic E-state index is -0.291. The maximum absolute atomic E-state index is 11.0. The van der Waals surface area contributed by atoms with Crippen molar-refractivity contribution in [3.8, 4) is 0 Å². The quantitative estimate of drug-likeness (QED) is 0.429.